The second kappa shape index (κ2) is 10.8. The van der Waals surface area contributed by atoms with Crippen molar-refractivity contribution in [3.8, 4) is 0 Å². The molecule has 6 nitrogen and oxygen atoms in total. The van der Waals surface area contributed by atoms with Crippen molar-refractivity contribution in [3.63, 3.8) is 0 Å². The van der Waals surface area contributed by atoms with E-state index in [1.54, 1.807) is 0 Å². The van der Waals surface area contributed by atoms with Gasteiger partial charge in [0, 0.05) is 0 Å². The minimum atomic E-state index is 0. The Bertz CT molecular complexity index is 143. The summed E-state index contributed by atoms with van der Waals surface area (Å²) in [7, 11) is 0. The van der Waals surface area contributed by atoms with Crippen LogP contribution in [0.3, 0.4) is 0 Å². The summed E-state index contributed by atoms with van der Waals surface area (Å²) in [6, 6.07) is 0. The summed E-state index contributed by atoms with van der Waals surface area (Å²) in [5.74, 6) is 19.2. The zero-order chi connectivity index (χ0) is 10.3. The van der Waals surface area contributed by atoms with Gasteiger partial charge in [0.25, 0.3) is 0 Å². The second-order valence-corrected chi connectivity index (χ2v) is 3.41. The fraction of sp³-hybridized carbons (Fsp3) is 0. The van der Waals surface area contributed by atoms with Gasteiger partial charge in [0.05, 0.1) is 0 Å². The first kappa shape index (κ1) is 19.3. The Balaban J connectivity index is -0.000000143. The molecule has 0 saturated heterocycles. The van der Waals surface area contributed by atoms with Crippen LogP contribution >= 0.6 is 24.4 Å². The molecule has 0 aromatic rings. The zero-order valence-electron chi connectivity index (χ0n) is 6.54. The van der Waals surface area contributed by atoms with E-state index in [4.69, 9.17) is 23.4 Å². The molecule has 0 aliphatic rings. The number of thiocarbonyl (C=S) groups is 2. The average molecular weight is 310 g/mol. The van der Waals surface area contributed by atoms with Gasteiger partial charge in [-0.3, -0.25) is 10.2 Å². The molecule has 72 valence electrons. The van der Waals surface area contributed by atoms with E-state index in [-0.39, 0.29) is 28.1 Å². The summed E-state index contributed by atoms with van der Waals surface area (Å²) in [6.07, 6.45) is 0. The van der Waals surface area contributed by atoms with E-state index in [1.807, 2.05) is 0 Å². The normalized spacial score (nSPS) is 7.08. The van der Waals surface area contributed by atoms with Gasteiger partial charge in [-0.25, -0.2) is 23.4 Å². The van der Waals surface area contributed by atoms with Crippen LogP contribution in [0.25, 0.3) is 0 Å². The van der Waals surface area contributed by atoms with Crippen molar-refractivity contribution in [2.45, 2.75) is 0 Å². The Morgan fingerprint density at radius 1 is 0.846 bits per heavy atom. The van der Waals surface area contributed by atoms with Gasteiger partial charge < -0.3 is 49.7 Å². The van der Waals surface area contributed by atoms with Gasteiger partial charge in [-0.05, 0) is 8.64 Å². The SMILES string of the molecule is NN(N)C(=S)[S-].NN(N)C(=S)[S-].[Zn+2]. The molecule has 0 aliphatic carbocycles. The molecule has 0 fully saturated rings. The summed E-state index contributed by atoms with van der Waals surface area (Å²) in [5.41, 5.74) is 0. The summed E-state index contributed by atoms with van der Waals surface area (Å²) >= 11 is 17.2. The molecule has 0 amide bonds. The molecule has 0 unspecified atom stereocenters. The second-order valence-electron chi connectivity index (χ2n) is 1.35. The number of nitrogens with two attached hydrogens (primary N) is 4. The van der Waals surface area contributed by atoms with Crippen molar-refractivity contribution in [2.75, 3.05) is 0 Å². The molecule has 0 aromatic heterocycles. The fourth-order valence-corrected chi connectivity index (χ4v) is 0. The molecule has 0 rings (SSSR count). The number of nitrogens with zero attached hydrogens (tertiary/aromatic N) is 2. The van der Waals surface area contributed by atoms with Crippen LogP contribution in [0.5, 0.6) is 0 Å². The minimum absolute atomic E-state index is 0. The van der Waals surface area contributed by atoms with Crippen LogP contribution in [-0.4, -0.2) is 18.9 Å². The van der Waals surface area contributed by atoms with Crippen molar-refractivity contribution in [1.82, 2.24) is 10.2 Å². The molecule has 0 bridgehead atoms. The maximum atomic E-state index is 4.80. The molecule has 11 heteroatoms. The first-order chi connectivity index (χ1) is 5.29. The third-order valence-corrected chi connectivity index (χ3v) is 1.26. The van der Waals surface area contributed by atoms with Crippen LogP contribution in [0.15, 0.2) is 0 Å². The third kappa shape index (κ3) is 19.2. The number of hydrazine groups is 4. The van der Waals surface area contributed by atoms with E-state index in [9.17, 15) is 0 Å². The Morgan fingerprint density at radius 2 is 0.923 bits per heavy atom. The Morgan fingerprint density at radius 3 is 0.923 bits per heavy atom. The molecular weight excluding hydrogens is 302 g/mol. The first-order valence-corrected chi connectivity index (χ1v) is 3.93. The molecule has 0 spiro atoms. The van der Waals surface area contributed by atoms with E-state index < -0.39 is 0 Å². The average Bonchev–Trinajstić information content (AvgIpc) is 1.88. The Hall–Kier alpha value is 0.683. The van der Waals surface area contributed by atoms with E-state index >= 15 is 0 Å². The van der Waals surface area contributed by atoms with Gasteiger partial charge in [0.1, 0.15) is 0 Å². The van der Waals surface area contributed by atoms with Crippen molar-refractivity contribution < 1.29 is 19.5 Å². The van der Waals surface area contributed by atoms with E-state index in [1.165, 1.54) is 0 Å². The van der Waals surface area contributed by atoms with E-state index in [0.717, 1.165) is 0 Å². The number of rotatable bonds is 0. The van der Waals surface area contributed by atoms with Gasteiger partial charge in [-0.1, -0.05) is 0 Å². The monoisotopic (exact) mass is 308 g/mol. The smallest absolute Gasteiger partial charge is 0.408 e. The van der Waals surface area contributed by atoms with Crippen LogP contribution in [0, 0.1) is 0 Å². The first-order valence-electron chi connectivity index (χ1n) is 2.30. The molecule has 0 radical (unpaired) electrons. The van der Waals surface area contributed by atoms with E-state index in [0.29, 0.717) is 10.2 Å². The number of hydrogen-bond acceptors (Lipinski definition) is 8. The van der Waals surface area contributed by atoms with Crippen molar-refractivity contribution >= 4 is 58.3 Å². The fourth-order valence-electron chi connectivity index (χ4n) is 0. The largest absolute Gasteiger partial charge is 2.00 e. The molecule has 13 heavy (non-hydrogen) atoms. The van der Waals surface area contributed by atoms with Crippen LogP contribution in [-0.2, 0) is 44.7 Å². The predicted octanol–water partition coefficient (Wildman–Crippen LogP) is -2.27. The molecule has 0 heterocycles. The van der Waals surface area contributed by atoms with Crippen molar-refractivity contribution in [2.24, 2.45) is 23.4 Å². The van der Waals surface area contributed by atoms with Gasteiger partial charge in [-0.2, -0.15) is 0 Å². The molecule has 0 aliphatic heterocycles. The topological polar surface area (TPSA) is 111 Å². The standard InChI is InChI=1S/2CH5N3S2.Zn/c2*2-4(3)1(5)6;/h2*2-3H2,(H,5,6);/q;;+2/p-2. The van der Waals surface area contributed by atoms with E-state index in [2.05, 4.69) is 49.7 Å². The quantitative estimate of drug-likeness (QED) is 0.129. The summed E-state index contributed by atoms with van der Waals surface area (Å²) in [5, 5.41) is 1.43. The van der Waals surface area contributed by atoms with Crippen molar-refractivity contribution in [1.29, 1.82) is 0 Å². The van der Waals surface area contributed by atoms with Crippen LogP contribution < -0.4 is 23.4 Å². The Kier molecular flexibility index (Phi) is 16.0. The minimum Gasteiger partial charge on any atom is -0.408 e. The van der Waals surface area contributed by atoms with Crippen LogP contribution in [0.4, 0.5) is 0 Å². The maximum Gasteiger partial charge on any atom is 2.00 e. The summed E-state index contributed by atoms with van der Waals surface area (Å²) in [6.45, 7) is 0. The Labute approximate surface area is 111 Å². The molecule has 0 atom stereocenters. The summed E-state index contributed by atoms with van der Waals surface area (Å²) in [4.78, 5) is 0. The van der Waals surface area contributed by atoms with Crippen molar-refractivity contribution in [3.05, 3.63) is 0 Å². The van der Waals surface area contributed by atoms with Crippen LogP contribution in [0.1, 0.15) is 0 Å². The number of hydrogen-bond donors (Lipinski definition) is 4. The molecule has 0 aromatic carbocycles. The zero-order valence-corrected chi connectivity index (χ0v) is 12.8. The summed E-state index contributed by atoms with van der Waals surface area (Å²) < 4.78 is 0.130. The van der Waals surface area contributed by atoms with Gasteiger partial charge in [0.2, 0.25) is 0 Å². The van der Waals surface area contributed by atoms with Gasteiger partial charge in [-0.15, -0.1) is 0 Å². The predicted molar refractivity (Wildman–Crippen MR) is 60.4 cm³/mol. The maximum absolute atomic E-state index is 4.80. The third-order valence-electron chi connectivity index (χ3n) is 0.422. The van der Waals surface area contributed by atoms with Crippen LogP contribution in [0.2, 0.25) is 0 Å². The van der Waals surface area contributed by atoms with Gasteiger partial charge >= 0.3 is 19.5 Å². The molecule has 0 saturated carbocycles. The van der Waals surface area contributed by atoms with Gasteiger partial charge in [0.15, 0.2) is 0 Å². The molecule has 8 N–H and O–H groups in total. The molecular formula is C2H8N6S4Zn.